The molecule has 1 aliphatic rings. The van der Waals surface area contributed by atoms with Crippen LogP contribution in [0.15, 0.2) is 24.3 Å². The molecule has 2 rings (SSSR count). The number of hydrogen-bond acceptors (Lipinski definition) is 4. The van der Waals surface area contributed by atoms with Gasteiger partial charge in [-0.1, -0.05) is 12.1 Å². The first-order valence-electron chi connectivity index (χ1n) is 6.46. The summed E-state index contributed by atoms with van der Waals surface area (Å²) in [6.45, 7) is 6.25. The van der Waals surface area contributed by atoms with Crippen molar-refractivity contribution in [2.24, 2.45) is 0 Å². The van der Waals surface area contributed by atoms with Crippen LogP contribution in [0, 0.1) is 0 Å². The standard InChI is InChI=1S/C14H22N2O2/c1-15-7-9-16(10-8-15)11-12-18-14-6-4-3-5-13(14)17-2/h3-6H,7-12H2,1-2H3. The first-order valence-corrected chi connectivity index (χ1v) is 6.46. The maximum atomic E-state index is 5.78. The van der Waals surface area contributed by atoms with E-state index in [0.29, 0.717) is 6.61 Å². The van der Waals surface area contributed by atoms with E-state index in [1.165, 1.54) is 0 Å². The molecule has 1 fully saturated rings. The minimum absolute atomic E-state index is 0.712. The molecular formula is C14H22N2O2. The summed E-state index contributed by atoms with van der Waals surface area (Å²) in [4.78, 5) is 4.80. The molecule has 1 aliphatic heterocycles. The van der Waals surface area contributed by atoms with Gasteiger partial charge in [-0.25, -0.2) is 0 Å². The molecule has 4 heteroatoms. The van der Waals surface area contributed by atoms with Crippen molar-refractivity contribution in [3.63, 3.8) is 0 Å². The van der Waals surface area contributed by atoms with Crippen LogP contribution in [0.2, 0.25) is 0 Å². The number of methoxy groups -OCH3 is 1. The second-order valence-electron chi connectivity index (χ2n) is 4.64. The van der Waals surface area contributed by atoms with Crippen molar-refractivity contribution >= 4 is 0 Å². The van der Waals surface area contributed by atoms with Crippen molar-refractivity contribution in [2.75, 3.05) is 53.5 Å². The lowest BCUT2D eigenvalue weighted by Gasteiger charge is -2.32. The molecule has 0 saturated carbocycles. The van der Waals surface area contributed by atoms with Crippen LogP contribution in [-0.4, -0.2) is 63.3 Å². The molecular weight excluding hydrogens is 228 g/mol. The molecule has 0 amide bonds. The highest BCUT2D eigenvalue weighted by molar-refractivity contribution is 5.39. The van der Waals surface area contributed by atoms with Crippen LogP contribution in [0.1, 0.15) is 0 Å². The van der Waals surface area contributed by atoms with Gasteiger partial charge in [0.1, 0.15) is 6.61 Å². The summed E-state index contributed by atoms with van der Waals surface area (Å²) in [5, 5.41) is 0. The maximum Gasteiger partial charge on any atom is 0.161 e. The third-order valence-corrected chi connectivity index (χ3v) is 3.33. The van der Waals surface area contributed by atoms with E-state index < -0.39 is 0 Å². The van der Waals surface area contributed by atoms with Crippen molar-refractivity contribution in [2.45, 2.75) is 0 Å². The monoisotopic (exact) mass is 250 g/mol. The topological polar surface area (TPSA) is 24.9 Å². The molecule has 0 unspecified atom stereocenters. The summed E-state index contributed by atoms with van der Waals surface area (Å²) in [7, 11) is 3.84. The Bertz CT molecular complexity index is 363. The summed E-state index contributed by atoms with van der Waals surface area (Å²) >= 11 is 0. The molecule has 0 atom stereocenters. The number of ether oxygens (including phenoxy) is 2. The Kier molecular flexibility index (Phi) is 4.84. The largest absolute Gasteiger partial charge is 0.493 e. The van der Waals surface area contributed by atoms with Gasteiger partial charge >= 0.3 is 0 Å². The van der Waals surface area contributed by atoms with Crippen molar-refractivity contribution in [1.82, 2.24) is 9.80 Å². The Morgan fingerprint density at radius 3 is 2.39 bits per heavy atom. The van der Waals surface area contributed by atoms with E-state index in [2.05, 4.69) is 16.8 Å². The number of nitrogens with zero attached hydrogens (tertiary/aromatic N) is 2. The van der Waals surface area contributed by atoms with E-state index >= 15 is 0 Å². The highest BCUT2D eigenvalue weighted by Crippen LogP contribution is 2.25. The van der Waals surface area contributed by atoms with Gasteiger partial charge in [0.05, 0.1) is 7.11 Å². The highest BCUT2D eigenvalue weighted by Gasteiger charge is 2.13. The quantitative estimate of drug-likeness (QED) is 0.787. The molecule has 1 heterocycles. The summed E-state index contributed by atoms with van der Waals surface area (Å²) in [5.74, 6) is 1.63. The molecule has 1 saturated heterocycles. The fourth-order valence-corrected chi connectivity index (χ4v) is 2.09. The number of piperazine rings is 1. The number of rotatable bonds is 5. The third-order valence-electron chi connectivity index (χ3n) is 3.33. The van der Waals surface area contributed by atoms with Crippen LogP contribution < -0.4 is 9.47 Å². The molecule has 0 radical (unpaired) electrons. The maximum absolute atomic E-state index is 5.78. The lowest BCUT2D eigenvalue weighted by atomic mass is 10.3. The number of hydrogen-bond donors (Lipinski definition) is 0. The second kappa shape index (κ2) is 6.61. The zero-order valence-corrected chi connectivity index (χ0v) is 11.3. The van der Waals surface area contributed by atoms with Crippen molar-refractivity contribution in [3.8, 4) is 11.5 Å². The van der Waals surface area contributed by atoms with E-state index in [1.807, 2.05) is 24.3 Å². The predicted molar refractivity (Wildman–Crippen MR) is 72.4 cm³/mol. The van der Waals surface area contributed by atoms with E-state index in [4.69, 9.17) is 9.47 Å². The molecule has 100 valence electrons. The van der Waals surface area contributed by atoms with Gasteiger partial charge in [-0.2, -0.15) is 0 Å². The Morgan fingerprint density at radius 2 is 1.72 bits per heavy atom. The minimum atomic E-state index is 0.712. The fourth-order valence-electron chi connectivity index (χ4n) is 2.09. The number of likely N-dealkylation sites (N-methyl/N-ethyl adjacent to an activating group) is 1. The van der Waals surface area contributed by atoms with Crippen LogP contribution in [-0.2, 0) is 0 Å². The Hall–Kier alpha value is -1.26. The average Bonchev–Trinajstić information content (AvgIpc) is 2.41. The smallest absolute Gasteiger partial charge is 0.161 e. The lowest BCUT2D eigenvalue weighted by Crippen LogP contribution is -2.45. The van der Waals surface area contributed by atoms with E-state index in [1.54, 1.807) is 7.11 Å². The Morgan fingerprint density at radius 1 is 1.06 bits per heavy atom. The van der Waals surface area contributed by atoms with Crippen LogP contribution >= 0.6 is 0 Å². The second-order valence-corrected chi connectivity index (χ2v) is 4.64. The molecule has 1 aromatic rings. The number of benzene rings is 1. The van der Waals surface area contributed by atoms with Gasteiger partial charge < -0.3 is 14.4 Å². The van der Waals surface area contributed by atoms with Crippen LogP contribution in [0.3, 0.4) is 0 Å². The SMILES string of the molecule is COc1ccccc1OCCN1CCN(C)CC1. The van der Waals surface area contributed by atoms with E-state index in [0.717, 1.165) is 44.2 Å². The van der Waals surface area contributed by atoms with Gasteiger partial charge in [0.25, 0.3) is 0 Å². The van der Waals surface area contributed by atoms with Gasteiger partial charge in [-0.3, -0.25) is 4.90 Å². The summed E-state index contributed by atoms with van der Waals surface area (Å²) in [6.07, 6.45) is 0. The molecule has 4 nitrogen and oxygen atoms in total. The molecule has 0 aliphatic carbocycles. The summed E-state index contributed by atoms with van der Waals surface area (Å²) in [6, 6.07) is 7.79. The van der Waals surface area contributed by atoms with Gasteiger partial charge in [0.15, 0.2) is 11.5 Å². The van der Waals surface area contributed by atoms with Crippen LogP contribution in [0.4, 0.5) is 0 Å². The van der Waals surface area contributed by atoms with Crippen molar-refractivity contribution in [1.29, 1.82) is 0 Å². The third kappa shape index (κ3) is 3.62. The summed E-state index contributed by atoms with van der Waals surface area (Å²) in [5.41, 5.74) is 0. The molecule has 0 spiro atoms. The van der Waals surface area contributed by atoms with Gasteiger partial charge in [-0.05, 0) is 19.2 Å². The first kappa shape index (κ1) is 13.2. The van der Waals surface area contributed by atoms with Crippen LogP contribution in [0.5, 0.6) is 11.5 Å². The van der Waals surface area contributed by atoms with Crippen molar-refractivity contribution in [3.05, 3.63) is 24.3 Å². The van der Waals surface area contributed by atoms with Gasteiger partial charge in [-0.15, -0.1) is 0 Å². The van der Waals surface area contributed by atoms with Crippen molar-refractivity contribution < 1.29 is 9.47 Å². The highest BCUT2D eigenvalue weighted by atomic mass is 16.5. The summed E-state index contributed by atoms with van der Waals surface area (Å²) < 4.78 is 11.0. The predicted octanol–water partition coefficient (Wildman–Crippen LogP) is 1.32. The fraction of sp³-hybridized carbons (Fsp3) is 0.571. The van der Waals surface area contributed by atoms with Crippen LogP contribution in [0.25, 0.3) is 0 Å². The first-order chi connectivity index (χ1) is 8.79. The number of para-hydroxylation sites is 2. The zero-order valence-electron chi connectivity index (χ0n) is 11.3. The normalized spacial score (nSPS) is 17.7. The minimum Gasteiger partial charge on any atom is -0.493 e. The molecule has 1 aromatic carbocycles. The van der Waals surface area contributed by atoms with Gasteiger partial charge in [0, 0.05) is 32.7 Å². The Labute approximate surface area is 109 Å². The van der Waals surface area contributed by atoms with E-state index in [9.17, 15) is 0 Å². The Balaban J connectivity index is 1.75. The lowest BCUT2D eigenvalue weighted by molar-refractivity contribution is 0.133. The molecule has 0 bridgehead atoms. The zero-order chi connectivity index (χ0) is 12.8. The van der Waals surface area contributed by atoms with E-state index in [-0.39, 0.29) is 0 Å². The molecule has 0 aromatic heterocycles. The molecule has 18 heavy (non-hydrogen) atoms. The van der Waals surface area contributed by atoms with Gasteiger partial charge in [0.2, 0.25) is 0 Å². The average molecular weight is 250 g/mol. The molecule has 0 N–H and O–H groups in total.